The molecule has 0 unspecified atom stereocenters. The average molecular weight is 663 g/mol. The van der Waals surface area contributed by atoms with Gasteiger partial charge in [-0.3, -0.25) is 0 Å². The van der Waals surface area contributed by atoms with Crippen LogP contribution in [0.15, 0.2) is 126 Å². The van der Waals surface area contributed by atoms with Gasteiger partial charge in [0.05, 0.1) is 0 Å². The predicted octanol–water partition coefficient (Wildman–Crippen LogP) is 11.9. The van der Waals surface area contributed by atoms with Crippen LogP contribution in [0.2, 0.25) is 0 Å². The summed E-state index contributed by atoms with van der Waals surface area (Å²) in [6, 6.07) is 45.6. The minimum absolute atomic E-state index is 0.0941. The van der Waals surface area contributed by atoms with E-state index in [9.17, 15) is 0 Å². The molecule has 2 aliphatic rings. The van der Waals surface area contributed by atoms with Crippen LogP contribution in [0, 0.1) is 0 Å². The van der Waals surface area contributed by atoms with Crippen LogP contribution in [0.1, 0.15) is 74.9 Å². The number of rotatable bonds is 2. The Morgan fingerprint density at radius 1 is 0.500 bits per heavy atom. The Hall–Kier alpha value is -5.18. The lowest BCUT2D eigenvalue weighted by Gasteiger charge is -2.19. The van der Waals surface area contributed by atoms with Gasteiger partial charge in [-0.2, -0.15) is 0 Å². The topological polar surface area (TPSA) is 13.1 Å². The molecular weight excluding hydrogens is 625 g/mol. The molecule has 2 aromatic heterocycles. The summed E-state index contributed by atoms with van der Waals surface area (Å²) in [6.07, 6.45) is 0. The maximum Gasteiger partial charge on any atom is 0.143 e. The number of hydrogen-bond acceptors (Lipinski definition) is 2. The summed E-state index contributed by atoms with van der Waals surface area (Å²) in [6.45, 7) is 13.7. The van der Waals surface area contributed by atoms with E-state index in [1.807, 2.05) is 11.3 Å². The molecule has 0 saturated heterocycles. The predicted molar refractivity (Wildman–Crippen MR) is 213 cm³/mol. The first-order chi connectivity index (χ1) is 24.0. The second-order valence-electron chi connectivity index (χ2n) is 16.2. The van der Waals surface area contributed by atoms with Crippen LogP contribution in [0.3, 0.4) is 0 Å². The lowest BCUT2D eigenvalue weighted by atomic mass is 9.85. The zero-order valence-corrected chi connectivity index (χ0v) is 30.2. The zero-order valence-electron chi connectivity index (χ0n) is 29.4. The van der Waals surface area contributed by atoms with Crippen LogP contribution in [0.5, 0.6) is 0 Å². The third kappa shape index (κ3) is 4.25. The minimum Gasteiger partial charge on any atom is -0.455 e. The highest BCUT2D eigenvalue weighted by Gasteiger charge is 2.31. The minimum atomic E-state index is 0.0941. The molecule has 242 valence electrons. The molecule has 1 nitrogen and oxygen atoms in total. The van der Waals surface area contributed by atoms with E-state index in [0.29, 0.717) is 0 Å². The number of furan rings is 1. The fourth-order valence-electron chi connectivity index (χ4n) is 8.25. The molecule has 0 aliphatic heterocycles. The quantitative estimate of drug-likeness (QED) is 0.180. The van der Waals surface area contributed by atoms with E-state index in [-0.39, 0.29) is 10.8 Å². The molecule has 0 bridgehead atoms. The van der Waals surface area contributed by atoms with Gasteiger partial charge in [0.25, 0.3) is 0 Å². The molecule has 0 spiro atoms. The Morgan fingerprint density at radius 3 is 1.64 bits per heavy atom. The largest absolute Gasteiger partial charge is 0.455 e. The first-order valence-electron chi connectivity index (χ1n) is 17.7. The number of fused-ring (bicyclic) bond motifs is 11. The molecule has 2 heteroatoms. The monoisotopic (exact) mass is 662 g/mol. The van der Waals surface area contributed by atoms with Crippen molar-refractivity contribution in [1.82, 2.24) is 0 Å². The third-order valence-corrected chi connectivity index (χ3v) is 12.1. The summed E-state index contributed by atoms with van der Waals surface area (Å²) in [5.74, 6) is 0.977. The summed E-state index contributed by atoms with van der Waals surface area (Å²) < 4.78 is 8.04. The molecule has 8 aromatic rings. The highest BCUT2D eigenvalue weighted by molar-refractivity contribution is 7.22. The maximum absolute atomic E-state index is 6.70. The van der Waals surface area contributed by atoms with Crippen molar-refractivity contribution in [1.29, 1.82) is 0 Å². The Bertz CT molecular complexity index is 2640. The van der Waals surface area contributed by atoms with Gasteiger partial charge >= 0.3 is 0 Å². The first kappa shape index (κ1) is 29.7. The van der Waals surface area contributed by atoms with Gasteiger partial charge in [0, 0.05) is 48.2 Å². The van der Waals surface area contributed by atoms with Crippen molar-refractivity contribution in [3.8, 4) is 21.8 Å². The second-order valence-corrected chi connectivity index (χ2v) is 17.2. The van der Waals surface area contributed by atoms with Crippen LogP contribution >= 0.6 is 11.3 Å². The fourth-order valence-corrected chi connectivity index (χ4v) is 9.49. The molecule has 0 amide bonds. The molecule has 0 N–H and O–H groups in total. The Balaban J connectivity index is 1.27. The van der Waals surface area contributed by atoms with Gasteiger partial charge in [0.2, 0.25) is 0 Å². The van der Waals surface area contributed by atoms with Crippen LogP contribution in [0.4, 0.5) is 0 Å². The molecule has 2 aliphatic carbocycles. The summed E-state index contributed by atoms with van der Waals surface area (Å²) in [5.41, 5.74) is 14.0. The van der Waals surface area contributed by atoms with E-state index in [1.54, 1.807) is 0 Å². The van der Waals surface area contributed by atoms with Crippen molar-refractivity contribution >= 4 is 54.3 Å². The van der Waals surface area contributed by atoms with Gasteiger partial charge in [0.1, 0.15) is 11.3 Å². The molecule has 0 atom stereocenters. The Morgan fingerprint density at radius 2 is 1.02 bits per heavy atom. The van der Waals surface area contributed by atoms with Gasteiger partial charge in [0.15, 0.2) is 0 Å². The lowest BCUT2D eigenvalue weighted by Crippen LogP contribution is -2.12. The lowest BCUT2D eigenvalue weighted by molar-refractivity contribution is 0.590. The smallest absolute Gasteiger partial charge is 0.143 e. The number of thiophene rings is 1. The van der Waals surface area contributed by atoms with Crippen LogP contribution in [0.25, 0.3) is 64.7 Å². The first-order valence-corrected chi connectivity index (χ1v) is 18.5. The van der Waals surface area contributed by atoms with E-state index in [4.69, 9.17) is 4.42 Å². The molecule has 6 aromatic carbocycles. The van der Waals surface area contributed by atoms with E-state index in [1.165, 1.54) is 97.2 Å². The highest BCUT2D eigenvalue weighted by atomic mass is 32.1. The fraction of sp³-hybridized carbons (Fsp3) is 0.167. The molecule has 10 rings (SSSR count). The van der Waals surface area contributed by atoms with Gasteiger partial charge in [-0.1, -0.05) is 126 Å². The zero-order chi connectivity index (χ0) is 34.1. The maximum atomic E-state index is 6.70. The van der Waals surface area contributed by atoms with Crippen molar-refractivity contribution in [3.05, 3.63) is 165 Å². The van der Waals surface area contributed by atoms with E-state index in [0.717, 1.165) is 11.3 Å². The average Bonchev–Trinajstić information content (AvgIpc) is 3.82. The summed E-state index contributed by atoms with van der Waals surface area (Å²) in [4.78, 5) is 1.37. The van der Waals surface area contributed by atoms with Crippen LogP contribution < -0.4 is 10.4 Å². The van der Waals surface area contributed by atoms with Crippen molar-refractivity contribution < 1.29 is 4.42 Å². The molecule has 0 fully saturated rings. The number of para-hydroxylation sites is 1. The molecule has 2 heterocycles. The summed E-state index contributed by atoms with van der Waals surface area (Å²) in [7, 11) is 0. The van der Waals surface area contributed by atoms with Gasteiger partial charge in [-0.15, -0.1) is 11.3 Å². The standard InChI is InChI=1S/C48H38OS/c1-47(2,3)31-19-15-27(16-20-31)41-35-23-30-26-38-36(24-29(30)25-37(35)45-43(41)33-11-7-9-13-39(33)49-45)42(28-17-21-32(22-18-28)48(4,5)6)44-34-12-8-10-14-40(34)50-46(38)44/h7-26H,1-6H3. The highest BCUT2D eigenvalue weighted by Crippen LogP contribution is 2.48. The van der Waals surface area contributed by atoms with E-state index < -0.39 is 0 Å². The molecule has 50 heavy (non-hydrogen) atoms. The van der Waals surface area contributed by atoms with Crippen molar-refractivity contribution in [2.24, 2.45) is 0 Å². The van der Waals surface area contributed by atoms with Crippen molar-refractivity contribution in [3.63, 3.8) is 0 Å². The van der Waals surface area contributed by atoms with E-state index in [2.05, 4.69) is 163 Å². The Labute approximate surface area is 296 Å². The molecule has 0 saturated carbocycles. The molecular formula is C48H38OS. The van der Waals surface area contributed by atoms with Crippen LogP contribution in [-0.4, -0.2) is 0 Å². The van der Waals surface area contributed by atoms with E-state index >= 15 is 0 Å². The Kier molecular flexibility index (Phi) is 6.05. The number of hydrogen-bond donors (Lipinski definition) is 0. The number of benzene rings is 6. The second kappa shape index (κ2) is 10.2. The normalized spacial score (nSPS) is 13.7. The SMILES string of the molecule is CC(C)(C)c1ccc(C2=c3cc4cc5c(cc4cc3-c3oc4ccccc4c32)=C(c2ccc(C(C)(C)C)cc2)c2c-5sc3ccccc23)cc1. The van der Waals surface area contributed by atoms with Crippen LogP contribution in [-0.2, 0) is 10.8 Å². The third-order valence-electron chi connectivity index (χ3n) is 10.9. The van der Waals surface area contributed by atoms with Crippen molar-refractivity contribution in [2.45, 2.75) is 52.4 Å². The summed E-state index contributed by atoms with van der Waals surface area (Å²) in [5, 5.41) is 7.57. The van der Waals surface area contributed by atoms with Gasteiger partial charge < -0.3 is 4.42 Å². The van der Waals surface area contributed by atoms with Gasteiger partial charge in [-0.25, -0.2) is 0 Å². The van der Waals surface area contributed by atoms with Gasteiger partial charge in [-0.05, 0) is 96.3 Å². The summed E-state index contributed by atoms with van der Waals surface area (Å²) >= 11 is 1.92. The molecule has 0 radical (unpaired) electrons. The van der Waals surface area contributed by atoms with Crippen molar-refractivity contribution in [2.75, 3.05) is 0 Å².